The minimum Gasteiger partial charge on any atom is -0.488 e. The molecule has 0 saturated carbocycles. The van der Waals surface area contributed by atoms with Crippen molar-refractivity contribution in [3.05, 3.63) is 72.0 Å². The first kappa shape index (κ1) is 27.2. The lowest BCUT2D eigenvalue weighted by molar-refractivity contribution is -0.0716. The lowest BCUT2D eigenvalue weighted by Crippen LogP contribution is -2.53. The van der Waals surface area contributed by atoms with Gasteiger partial charge in [-0.3, -0.25) is 14.6 Å². The van der Waals surface area contributed by atoms with Crippen molar-refractivity contribution in [2.45, 2.75) is 38.0 Å². The number of aromatic nitrogens is 5. The number of piperidine rings is 1. The van der Waals surface area contributed by atoms with E-state index in [1.54, 1.807) is 21.6 Å². The normalized spacial score (nSPS) is 18.2. The second-order valence-electron chi connectivity index (χ2n) is 10.8. The molecule has 1 unspecified atom stereocenters. The molecule has 4 aromatic heterocycles. The summed E-state index contributed by atoms with van der Waals surface area (Å²) in [5.41, 5.74) is 11.6. The Morgan fingerprint density at radius 3 is 2.66 bits per heavy atom. The molecule has 4 aromatic rings. The zero-order valence-electron chi connectivity index (χ0n) is 23.2. The third kappa shape index (κ3) is 5.76. The molecule has 216 valence electrons. The molecule has 0 bridgehead atoms. The third-order valence-electron chi connectivity index (χ3n) is 7.88. The number of likely N-dealkylation sites (tertiary alicyclic amines) is 1. The topological polar surface area (TPSA) is 128 Å². The summed E-state index contributed by atoms with van der Waals surface area (Å²) in [6, 6.07) is 5.46. The summed E-state index contributed by atoms with van der Waals surface area (Å²) in [4.78, 5) is 6.49. The summed E-state index contributed by atoms with van der Waals surface area (Å²) in [6.07, 6.45) is 9.39. The molecule has 2 fully saturated rings. The molecule has 4 N–H and O–H groups in total. The summed E-state index contributed by atoms with van der Waals surface area (Å²) in [6.45, 7) is 5.65. The summed E-state index contributed by atoms with van der Waals surface area (Å²) in [7, 11) is 1.85. The molecule has 6 rings (SSSR count). The Kier molecular flexibility index (Phi) is 7.61. The fraction of sp³-hybridized carbons (Fsp3) is 0.414. The Balaban J connectivity index is 1.26. The van der Waals surface area contributed by atoms with E-state index in [4.69, 9.17) is 15.2 Å². The number of nitrogens with one attached hydrogen (secondary N) is 1. The van der Waals surface area contributed by atoms with Crippen LogP contribution in [-0.2, 0) is 11.8 Å². The van der Waals surface area contributed by atoms with Crippen LogP contribution in [-0.4, -0.2) is 79.4 Å². The van der Waals surface area contributed by atoms with Crippen molar-refractivity contribution in [3.63, 3.8) is 0 Å². The minimum absolute atomic E-state index is 0.0964. The van der Waals surface area contributed by atoms with Crippen molar-refractivity contribution >= 4 is 11.2 Å². The van der Waals surface area contributed by atoms with Crippen LogP contribution in [0.5, 0.6) is 5.75 Å². The Hall–Kier alpha value is -4.00. The molecule has 0 aromatic carbocycles. The molecule has 41 heavy (non-hydrogen) atoms. The number of aryl methyl sites for hydroxylation is 1. The van der Waals surface area contributed by atoms with Gasteiger partial charge in [0.2, 0.25) is 0 Å². The maximum atomic E-state index is 13.3. The van der Waals surface area contributed by atoms with Crippen LogP contribution in [0.15, 0.2) is 54.9 Å². The van der Waals surface area contributed by atoms with Crippen molar-refractivity contribution in [1.82, 2.24) is 34.6 Å². The van der Waals surface area contributed by atoms with Crippen LogP contribution in [0, 0.1) is 5.82 Å². The van der Waals surface area contributed by atoms with Crippen LogP contribution in [0.25, 0.3) is 22.3 Å². The molecule has 12 heteroatoms. The van der Waals surface area contributed by atoms with E-state index in [2.05, 4.69) is 25.4 Å². The molecule has 0 aliphatic carbocycles. The van der Waals surface area contributed by atoms with E-state index in [1.165, 1.54) is 12.1 Å². The van der Waals surface area contributed by atoms with Crippen molar-refractivity contribution < 1.29 is 19.0 Å². The van der Waals surface area contributed by atoms with Gasteiger partial charge in [-0.15, -0.1) is 0 Å². The zero-order valence-corrected chi connectivity index (χ0v) is 23.2. The van der Waals surface area contributed by atoms with E-state index in [-0.39, 0.29) is 6.61 Å². The van der Waals surface area contributed by atoms with Gasteiger partial charge in [0.15, 0.2) is 0 Å². The van der Waals surface area contributed by atoms with Crippen LogP contribution in [0.2, 0.25) is 0 Å². The maximum Gasteiger partial charge on any atom is 0.146 e. The van der Waals surface area contributed by atoms with Gasteiger partial charge in [0, 0.05) is 61.0 Å². The Morgan fingerprint density at radius 1 is 1.20 bits per heavy atom. The maximum absolute atomic E-state index is 13.3. The van der Waals surface area contributed by atoms with Crippen LogP contribution in [0.4, 0.5) is 4.39 Å². The molecule has 6 heterocycles. The number of rotatable bonds is 9. The largest absolute Gasteiger partial charge is 0.488 e. The zero-order chi connectivity index (χ0) is 28.5. The molecule has 11 nitrogen and oxygen atoms in total. The SMILES string of the molecule is C/C(NC1CCN(C2COC2)CC1)=C(/N)c1cc(OCC(O)c2ccc(F)cn2)c2c(-c3cnn(C)c3)cnn2c1. The molecule has 2 aliphatic heterocycles. The predicted octanol–water partition coefficient (Wildman–Crippen LogP) is 2.48. The third-order valence-corrected chi connectivity index (χ3v) is 7.88. The Morgan fingerprint density at radius 2 is 2.00 bits per heavy atom. The van der Waals surface area contributed by atoms with Gasteiger partial charge >= 0.3 is 0 Å². The summed E-state index contributed by atoms with van der Waals surface area (Å²) in [5, 5.41) is 23.2. The van der Waals surface area contributed by atoms with Gasteiger partial charge < -0.3 is 25.6 Å². The number of allylic oxidation sites excluding steroid dienone is 1. The standard InChI is InChI=1S/C29H35FN8O3/c1-18(35-22-5-7-37(8-6-22)23-15-40-16-23)28(31)19-9-27(41-17-26(39)25-4-3-21(30)11-32-25)29-24(12-34-38(29)14-19)20-10-33-36(2)13-20/h3-4,9-14,22-23,26,35,39H,5-8,15-17,31H2,1-2H3/b28-18-. The second-order valence-corrected chi connectivity index (χ2v) is 10.8. The fourth-order valence-electron chi connectivity index (χ4n) is 5.40. The van der Waals surface area contributed by atoms with Gasteiger partial charge in [-0.05, 0) is 38.0 Å². The highest BCUT2D eigenvalue weighted by Gasteiger charge is 2.29. The molecule has 1 atom stereocenters. The van der Waals surface area contributed by atoms with Crippen molar-refractivity contribution in [2.75, 3.05) is 32.9 Å². The van der Waals surface area contributed by atoms with Crippen LogP contribution < -0.4 is 15.8 Å². The monoisotopic (exact) mass is 562 g/mol. The number of aliphatic hydroxyl groups excluding tert-OH is 1. The molecule has 0 amide bonds. The highest BCUT2D eigenvalue weighted by Crippen LogP contribution is 2.34. The number of aliphatic hydroxyl groups is 1. The number of nitrogens with zero attached hydrogens (tertiary/aromatic N) is 6. The van der Waals surface area contributed by atoms with Gasteiger partial charge in [-0.2, -0.15) is 10.2 Å². The summed E-state index contributed by atoms with van der Waals surface area (Å²) >= 11 is 0. The highest BCUT2D eigenvalue weighted by atomic mass is 19.1. The van der Waals surface area contributed by atoms with E-state index in [9.17, 15) is 9.50 Å². The predicted molar refractivity (Wildman–Crippen MR) is 151 cm³/mol. The van der Waals surface area contributed by atoms with Crippen molar-refractivity contribution in [3.8, 4) is 16.9 Å². The molecular formula is C29H35FN8O3. The van der Waals surface area contributed by atoms with Gasteiger partial charge in [0.25, 0.3) is 0 Å². The molecule has 2 saturated heterocycles. The van der Waals surface area contributed by atoms with E-state index in [1.807, 2.05) is 32.4 Å². The molecule has 0 radical (unpaired) electrons. The average Bonchev–Trinajstić information content (AvgIpc) is 3.57. The summed E-state index contributed by atoms with van der Waals surface area (Å²) < 4.78 is 28.3. The van der Waals surface area contributed by atoms with Gasteiger partial charge in [-0.1, -0.05) is 0 Å². The minimum atomic E-state index is -1.06. The van der Waals surface area contributed by atoms with Crippen molar-refractivity contribution in [2.24, 2.45) is 12.8 Å². The van der Waals surface area contributed by atoms with Gasteiger partial charge in [-0.25, -0.2) is 8.91 Å². The number of ether oxygens (including phenoxy) is 2. The van der Waals surface area contributed by atoms with Crippen LogP contribution >= 0.6 is 0 Å². The first-order valence-corrected chi connectivity index (χ1v) is 13.8. The summed E-state index contributed by atoms with van der Waals surface area (Å²) in [5.74, 6) is 0.0215. The number of hydrogen-bond acceptors (Lipinski definition) is 9. The number of pyridine rings is 2. The molecule has 0 spiro atoms. The van der Waals surface area contributed by atoms with Crippen LogP contribution in [0.1, 0.15) is 37.1 Å². The van der Waals surface area contributed by atoms with Crippen molar-refractivity contribution in [1.29, 1.82) is 0 Å². The lowest BCUT2D eigenvalue weighted by atomic mass is 10.0. The Labute approximate surface area is 237 Å². The first-order chi connectivity index (χ1) is 19.9. The van der Waals surface area contributed by atoms with E-state index < -0.39 is 11.9 Å². The number of fused-ring (bicyclic) bond motifs is 1. The van der Waals surface area contributed by atoms with E-state index >= 15 is 0 Å². The second kappa shape index (κ2) is 11.5. The quantitative estimate of drug-likeness (QED) is 0.282. The highest BCUT2D eigenvalue weighted by molar-refractivity contribution is 5.85. The van der Waals surface area contributed by atoms with Crippen LogP contribution in [0.3, 0.4) is 0 Å². The fourth-order valence-corrected chi connectivity index (χ4v) is 5.40. The lowest BCUT2D eigenvalue weighted by Gasteiger charge is -2.41. The molecule has 2 aliphatic rings. The molecular weight excluding hydrogens is 527 g/mol. The number of hydrogen-bond donors (Lipinski definition) is 3. The number of nitrogens with two attached hydrogens (primary N) is 1. The number of halogens is 1. The van der Waals surface area contributed by atoms with Gasteiger partial charge in [0.1, 0.15) is 29.8 Å². The van der Waals surface area contributed by atoms with E-state index in [0.29, 0.717) is 34.7 Å². The van der Waals surface area contributed by atoms with Gasteiger partial charge in [0.05, 0.1) is 49.2 Å². The first-order valence-electron chi connectivity index (χ1n) is 13.8. The average molecular weight is 563 g/mol. The smallest absolute Gasteiger partial charge is 0.146 e. The van der Waals surface area contributed by atoms with E-state index in [0.717, 1.165) is 67.7 Å². The Bertz CT molecular complexity index is 1540.